The third-order valence-electron chi connectivity index (χ3n) is 3.04. The van der Waals surface area contributed by atoms with E-state index in [0.717, 1.165) is 0 Å². The topological polar surface area (TPSA) is 65.5 Å². The standard InChI is InChI=1S/C15H16FN3O2/c1-19(2)11-3-4-12(13(16)7-11)15(21)18-14-8-17-6-5-10(14)9-20/h3-8,20H,9H2,1-2H3,(H,18,21). The fourth-order valence-electron chi connectivity index (χ4n) is 1.83. The van der Waals surface area contributed by atoms with Gasteiger partial charge in [-0.2, -0.15) is 0 Å². The van der Waals surface area contributed by atoms with Gasteiger partial charge in [-0.15, -0.1) is 0 Å². The largest absolute Gasteiger partial charge is 0.392 e. The van der Waals surface area contributed by atoms with Crippen LogP contribution in [0.5, 0.6) is 0 Å². The molecule has 0 aliphatic rings. The summed E-state index contributed by atoms with van der Waals surface area (Å²) in [5, 5.41) is 11.7. The van der Waals surface area contributed by atoms with Crippen LogP contribution in [-0.2, 0) is 6.61 Å². The van der Waals surface area contributed by atoms with E-state index in [1.54, 1.807) is 31.1 Å². The fourth-order valence-corrected chi connectivity index (χ4v) is 1.83. The molecule has 1 heterocycles. The van der Waals surface area contributed by atoms with Crippen LogP contribution in [-0.4, -0.2) is 30.1 Å². The molecule has 0 aliphatic carbocycles. The molecular weight excluding hydrogens is 273 g/mol. The first-order chi connectivity index (χ1) is 10.0. The minimum atomic E-state index is -0.604. The maximum absolute atomic E-state index is 14.0. The van der Waals surface area contributed by atoms with Crippen molar-refractivity contribution in [2.24, 2.45) is 0 Å². The molecule has 0 saturated carbocycles. The van der Waals surface area contributed by atoms with Crippen LogP contribution in [0.25, 0.3) is 0 Å². The highest BCUT2D eigenvalue weighted by atomic mass is 19.1. The highest BCUT2D eigenvalue weighted by Gasteiger charge is 2.14. The summed E-state index contributed by atoms with van der Waals surface area (Å²) in [4.78, 5) is 17.7. The Kier molecular flexibility index (Phi) is 4.49. The highest BCUT2D eigenvalue weighted by molar-refractivity contribution is 6.04. The van der Waals surface area contributed by atoms with Gasteiger partial charge in [-0.3, -0.25) is 9.78 Å². The summed E-state index contributed by atoms with van der Waals surface area (Å²) in [5.74, 6) is -1.19. The van der Waals surface area contributed by atoms with Crippen LogP contribution in [0.1, 0.15) is 15.9 Å². The number of halogens is 1. The van der Waals surface area contributed by atoms with Crippen molar-refractivity contribution in [3.63, 3.8) is 0 Å². The summed E-state index contributed by atoms with van der Waals surface area (Å²) >= 11 is 0. The molecule has 2 rings (SSSR count). The second-order valence-corrected chi connectivity index (χ2v) is 4.70. The Morgan fingerprint density at radius 1 is 1.38 bits per heavy atom. The first-order valence-corrected chi connectivity index (χ1v) is 6.35. The van der Waals surface area contributed by atoms with Crippen molar-refractivity contribution in [3.8, 4) is 0 Å². The van der Waals surface area contributed by atoms with Crippen molar-refractivity contribution in [2.75, 3.05) is 24.3 Å². The molecule has 1 aromatic carbocycles. The number of pyridine rings is 1. The number of rotatable bonds is 4. The number of hydrogen-bond donors (Lipinski definition) is 2. The Hall–Kier alpha value is -2.47. The van der Waals surface area contributed by atoms with Gasteiger partial charge in [0.25, 0.3) is 5.91 Å². The number of nitrogens with zero attached hydrogens (tertiary/aromatic N) is 2. The predicted octanol–water partition coefficient (Wildman–Crippen LogP) is 2.03. The molecule has 0 fully saturated rings. The quantitative estimate of drug-likeness (QED) is 0.904. The molecule has 0 saturated heterocycles. The third kappa shape index (κ3) is 3.35. The first kappa shape index (κ1) is 14.9. The zero-order chi connectivity index (χ0) is 15.4. The molecule has 21 heavy (non-hydrogen) atoms. The highest BCUT2D eigenvalue weighted by Crippen LogP contribution is 2.19. The van der Waals surface area contributed by atoms with Crippen molar-refractivity contribution in [1.29, 1.82) is 0 Å². The van der Waals surface area contributed by atoms with Gasteiger partial charge in [-0.05, 0) is 24.3 Å². The van der Waals surface area contributed by atoms with Crippen molar-refractivity contribution >= 4 is 17.3 Å². The van der Waals surface area contributed by atoms with E-state index in [1.807, 2.05) is 0 Å². The molecule has 0 spiro atoms. The number of anilines is 2. The van der Waals surface area contributed by atoms with Gasteiger partial charge < -0.3 is 15.3 Å². The van der Waals surface area contributed by atoms with E-state index < -0.39 is 11.7 Å². The van der Waals surface area contributed by atoms with Gasteiger partial charge in [-0.25, -0.2) is 4.39 Å². The Bertz CT molecular complexity index is 659. The Morgan fingerprint density at radius 3 is 2.76 bits per heavy atom. The van der Waals surface area contributed by atoms with Gasteiger partial charge in [0.2, 0.25) is 0 Å². The van der Waals surface area contributed by atoms with Crippen LogP contribution < -0.4 is 10.2 Å². The lowest BCUT2D eigenvalue weighted by atomic mass is 10.1. The van der Waals surface area contributed by atoms with Crippen LogP contribution in [0.3, 0.4) is 0 Å². The number of nitrogens with one attached hydrogen (secondary N) is 1. The van der Waals surface area contributed by atoms with Gasteiger partial charge >= 0.3 is 0 Å². The van der Waals surface area contributed by atoms with E-state index in [9.17, 15) is 14.3 Å². The van der Waals surface area contributed by atoms with Gasteiger partial charge in [-0.1, -0.05) is 0 Å². The summed E-state index contributed by atoms with van der Waals surface area (Å²) in [7, 11) is 3.58. The zero-order valence-corrected chi connectivity index (χ0v) is 11.8. The number of aromatic nitrogens is 1. The van der Waals surface area contributed by atoms with Crippen molar-refractivity contribution in [3.05, 3.63) is 53.6 Å². The van der Waals surface area contributed by atoms with Crippen LogP contribution in [0, 0.1) is 5.82 Å². The third-order valence-corrected chi connectivity index (χ3v) is 3.04. The molecule has 0 bridgehead atoms. The van der Waals surface area contributed by atoms with Crippen molar-refractivity contribution in [1.82, 2.24) is 4.98 Å². The number of aliphatic hydroxyl groups excluding tert-OH is 1. The maximum atomic E-state index is 14.0. The summed E-state index contributed by atoms with van der Waals surface area (Å²) in [6.07, 6.45) is 2.92. The molecule has 110 valence electrons. The number of carbonyl (C=O) groups is 1. The summed E-state index contributed by atoms with van der Waals surface area (Å²) in [6, 6.07) is 5.97. The average Bonchev–Trinajstić information content (AvgIpc) is 2.47. The van der Waals surface area contributed by atoms with Crippen LogP contribution in [0.2, 0.25) is 0 Å². The van der Waals surface area contributed by atoms with Gasteiger partial charge in [0, 0.05) is 31.5 Å². The number of amides is 1. The van der Waals surface area contributed by atoms with Crippen molar-refractivity contribution in [2.45, 2.75) is 6.61 Å². The van der Waals surface area contributed by atoms with Crippen LogP contribution in [0.15, 0.2) is 36.7 Å². The monoisotopic (exact) mass is 289 g/mol. The molecular formula is C15H16FN3O2. The molecule has 2 aromatic rings. The van der Waals surface area contributed by atoms with Crippen LogP contribution in [0.4, 0.5) is 15.8 Å². The van der Waals surface area contributed by atoms with E-state index >= 15 is 0 Å². The number of carbonyl (C=O) groups excluding carboxylic acids is 1. The number of aliphatic hydroxyl groups is 1. The Balaban J connectivity index is 2.24. The minimum absolute atomic E-state index is 0.0617. The number of benzene rings is 1. The summed E-state index contributed by atoms with van der Waals surface area (Å²) in [6.45, 7) is -0.236. The SMILES string of the molecule is CN(C)c1ccc(C(=O)Nc2cnccc2CO)c(F)c1. The average molecular weight is 289 g/mol. The molecule has 1 aromatic heterocycles. The zero-order valence-electron chi connectivity index (χ0n) is 11.8. The lowest BCUT2D eigenvalue weighted by molar-refractivity contribution is 0.102. The summed E-state index contributed by atoms with van der Waals surface area (Å²) in [5.41, 5.74) is 1.49. The first-order valence-electron chi connectivity index (χ1n) is 6.35. The van der Waals surface area contributed by atoms with E-state index in [1.165, 1.54) is 24.5 Å². The van der Waals surface area contributed by atoms with Gasteiger partial charge in [0.15, 0.2) is 0 Å². The Morgan fingerprint density at radius 2 is 2.14 bits per heavy atom. The molecule has 5 nitrogen and oxygen atoms in total. The van der Waals surface area contributed by atoms with E-state index in [2.05, 4.69) is 10.3 Å². The molecule has 2 N–H and O–H groups in total. The smallest absolute Gasteiger partial charge is 0.258 e. The van der Waals surface area contributed by atoms with Crippen molar-refractivity contribution < 1.29 is 14.3 Å². The van der Waals surface area contributed by atoms with Crippen LogP contribution >= 0.6 is 0 Å². The predicted molar refractivity (Wildman–Crippen MR) is 78.8 cm³/mol. The molecule has 0 aliphatic heterocycles. The lowest BCUT2D eigenvalue weighted by Gasteiger charge is -2.14. The summed E-state index contributed by atoms with van der Waals surface area (Å²) < 4.78 is 14.0. The molecule has 6 heteroatoms. The number of hydrogen-bond acceptors (Lipinski definition) is 4. The lowest BCUT2D eigenvalue weighted by Crippen LogP contribution is -2.16. The normalized spacial score (nSPS) is 10.3. The molecule has 0 atom stereocenters. The molecule has 1 amide bonds. The molecule has 0 unspecified atom stereocenters. The Labute approximate surface area is 122 Å². The second kappa shape index (κ2) is 6.32. The van der Waals surface area contributed by atoms with E-state index in [0.29, 0.717) is 16.9 Å². The maximum Gasteiger partial charge on any atom is 0.258 e. The van der Waals surface area contributed by atoms with E-state index in [-0.39, 0.29) is 12.2 Å². The fraction of sp³-hybridized carbons (Fsp3) is 0.200. The van der Waals surface area contributed by atoms with E-state index in [4.69, 9.17) is 0 Å². The molecule has 0 radical (unpaired) electrons. The minimum Gasteiger partial charge on any atom is -0.392 e. The van der Waals surface area contributed by atoms with Gasteiger partial charge in [0.05, 0.1) is 24.1 Å². The second-order valence-electron chi connectivity index (χ2n) is 4.70. The van der Waals surface area contributed by atoms with Gasteiger partial charge in [0.1, 0.15) is 5.82 Å².